The van der Waals surface area contributed by atoms with Crippen LogP contribution >= 0.6 is 0 Å². The normalized spacial score (nSPS) is 14.6. The number of hydrogen-bond donors (Lipinski definition) is 1. The van der Waals surface area contributed by atoms with E-state index in [4.69, 9.17) is 0 Å². The molecule has 1 aromatic carbocycles. The second kappa shape index (κ2) is 7.08. The van der Waals surface area contributed by atoms with E-state index in [2.05, 4.69) is 20.2 Å². The predicted octanol–water partition coefficient (Wildman–Crippen LogP) is 3.03. The Morgan fingerprint density at radius 3 is 2.44 bits per heavy atom. The van der Waals surface area contributed by atoms with E-state index in [1.807, 2.05) is 6.07 Å². The molecule has 1 aliphatic rings. The van der Waals surface area contributed by atoms with Crippen LogP contribution in [0, 0.1) is 0 Å². The fourth-order valence-electron chi connectivity index (χ4n) is 2.67. The molecule has 1 aromatic heterocycles. The van der Waals surface area contributed by atoms with Crippen molar-refractivity contribution in [3.63, 3.8) is 0 Å². The van der Waals surface area contributed by atoms with E-state index in [9.17, 15) is 18.0 Å². The molecule has 2 heterocycles. The molecule has 1 saturated heterocycles. The maximum absolute atomic E-state index is 12.5. The molecule has 1 amide bonds. The van der Waals surface area contributed by atoms with Gasteiger partial charge in [-0.15, -0.1) is 0 Å². The van der Waals surface area contributed by atoms with Crippen molar-refractivity contribution in [2.75, 3.05) is 18.0 Å². The van der Waals surface area contributed by atoms with Crippen molar-refractivity contribution >= 4 is 11.7 Å². The van der Waals surface area contributed by atoms with Crippen LogP contribution in [0.25, 0.3) is 0 Å². The van der Waals surface area contributed by atoms with Crippen LogP contribution in [0.2, 0.25) is 0 Å². The average Bonchev–Trinajstić information content (AvgIpc) is 3.14. The molecule has 1 fully saturated rings. The fraction of sp³-hybridized carbons (Fsp3) is 0.353. The number of carbonyl (C=O) groups excluding carboxylic acids is 1. The number of rotatable bonds is 4. The van der Waals surface area contributed by atoms with Crippen LogP contribution in [0.4, 0.5) is 19.0 Å². The third kappa shape index (κ3) is 4.26. The summed E-state index contributed by atoms with van der Waals surface area (Å²) in [7, 11) is 0. The van der Waals surface area contributed by atoms with Gasteiger partial charge in [-0.05, 0) is 43.2 Å². The minimum Gasteiger partial charge on any atom is -0.357 e. The lowest BCUT2D eigenvalue weighted by Crippen LogP contribution is -2.25. The number of nitrogens with one attached hydrogen (secondary N) is 1. The van der Waals surface area contributed by atoms with Crippen molar-refractivity contribution in [2.45, 2.75) is 25.6 Å². The van der Waals surface area contributed by atoms with Crippen LogP contribution in [-0.2, 0) is 12.7 Å². The molecule has 5 nitrogen and oxygen atoms in total. The number of nitrogens with zero attached hydrogens (tertiary/aromatic N) is 3. The zero-order valence-corrected chi connectivity index (χ0v) is 13.4. The lowest BCUT2D eigenvalue weighted by molar-refractivity contribution is -0.137. The highest BCUT2D eigenvalue weighted by atomic mass is 19.4. The van der Waals surface area contributed by atoms with Gasteiger partial charge in [-0.25, -0.2) is 9.97 Å². The molecule has 0 bridgehead atoms. The molecule has 1 N–H and O–H groups in total. The van der Waals surface area contributed by atoms with E-state index >= 15 is 0 Å². The first kappa shape index (κ1) is 17.2. The molecule has 0 aliphatic carbocycles. The Kier molecular flexibility index (Phi) is 4.87. The van der Waals surface area contributed by atoms with Gasteiger partial charge in [-0.1, -0.05) is 0 Å². The van der Waals surface area contributed by atoms with Crippen LogP contribution in [0.3, 0.4) is 0 Å². The van der Waals surface area contributed by atoms with E-state index < -0.39 is 17.6 Å². The summed E-state index contributed by atoms with van der Waals surface area (Å²) in [5.74, 6) is 0.819. The zero-order chi connectivity index (χ0) is 17.9. The molecular formula is C17H17F3N4O. The highest BCUT2D eigenvalue weighted by Crippen LogP contribution is 2.29. The average molecular weight is 350 g/mol. The summed E-state index contributed by atoms with van der Waals surface area (Å²) in [6.45, 7) is 2.02. The van der Waals surface area contributed by atoms with Crippen molar-refractivity contribution in [3.05, 3.63) is 53.5 Å². The Morgan fingerprint density at radius 1 is 1.12 bits per heavy atom. The quantitative estimate of drug-likeness (QED) is 0.921. The standard InChI is InChI=1S/C17H17F3N4O/c18-17(19,20)13-5-3-12(4-6-13)16(25)22-11-14-21-8-7-15(23-14)24-9-1-2-10-24/h3-8H,1-2,9-11H2,(H,22,25). The Hall–Kier alpha value is -2.64. The van der Waals surface area contributed by atoms with Gasteiger partial charge in [0.2, 0.25) is 0 Å². The summed E-state index contributed by atoms with van der Waals surface area (Å²) in [6, 6.07) is 5.91. The van der Waals surface area contributed by atoms with Gasteiger partial charge in [0.25, 0.3) is 5.91 Å². The Bertz CT molecular complexity index is 740. The topological polar surface area (TPSA) is 58.1 Å². The van der Waals surface area contributed by atoms with Gasteiger partial charge in [0.15, 0.2) is 0 Å². The van der Waals surface area contributed by atoms with Crippen molar-refractivity contribution in [2.24, 2.45) is 0 Å². The Morgan fingerprint density at radius 2 is 1.80 bits per heavy atom. The summed E-state index contributed by atoms with van der Waals surface area (Å²) in [5.41, 5.74) is -0.630. The number of benzene rings is 1. The molecule has 1 aliphatic heterocycles. The molecule has 3 rings (SSSR count). The summed E-state index contributed by atoms with van der Waals surface area (Å²) >= 11 is 0. The first-order valence-electron chi connectivity index (χ1n) is 7.96. The smallest absolute Gasteiger partial charge is 0.357 e. The number of alkyl halides is 3. The molecule has 0 radical (unpaired) electrons. The molecule has 0 unspecified atom stereocenters. The van der Waals surface area contributed by atoms with Crippen molar-refractivity contribution < 1.29 is 18.0 Å². The number of halogens is 3. The van der Waals surface area contributed by atoms with Gasteiger partial charge in [-0.3, -0.25) is 4.79 Å². The molecule has 132 valence electrons. The maximum atomic E-state index is 12.5. The molecule has 2 aromatic rings. The highest BCUT2D eigenvalue weighted by Gasteiger charge is 2.30. The molecule has 8 heteroatoms. The van der Waals surface area contributed by atoms with Gasteiger partial charge in [0.1, 0.15) is 11.6 Å². The largest absolute Gasteiger partial charge is 0.416 e. The molecule has 0 saturated carbocycles. The number of carbonyl (C=O) groups is 1. The maximum Gasteiger partial charge on any atom is 0.416 e. The summed E-state index contributed by atoms with van der Waals surface area (Å²) in [6.07, 6.45) is -0.521. The van der Waals surface area contributed by atoms with Crippen LogP contribution in [-0.4, -0.2) is 29.0 Å². The van der Waals surface area contributed by atoms with Crippen molar-refractivity contribution in [1.82, 2.24) is 15.3 Å². The molecule has 0 spiro atoms. The summed E-state index contributed by atoms with van der Waals surface area (Å²) in [5, 5.41) is 2.63. The first-order valence-corrected chi connectivity index (χ1v) is 7.96. The zero-order valence-electron chi connectivity index (χ0n) is 13.4. The molecule has 25 heavy (non-hydrogen) atoms. The third-order valence-electron chi connectivity index (χ3n) is 4.00. The van der Waals surface area contributed by atoms with E-state index in [1.165, 1.54) is 0 Å². The minimum atomic E-state index is -4.42. The van der Waals surface area contributed by atoms with Gasteiger partial charge in [0, 0.05) is 24.8 Å². The van der Waals surface area contributed by atoms with E-state index in [-0.39, 0.29) is 12.1 Å². The van der Waals surface area contributed by atoms with Gasteiger partial charge in [0.05, 0.1) is 12.1 Å². The predicted molar refractivity (Wildman–Crippen MR) is 86.1 cm³/mol. The SMILES string of the molecule is O=C(NCc1nccc(N2CCCC2)n1)c1ccc(C(F)(F)F)cc1. The van der Waals surface area contributed by atoms with Crippen molar-refractivity contribution in [3.8, 4) is 0 Å². The first-order chi connectivity index (χ1) is 11.9. The van der Waals surface area contributed by atoms with Crippen LogP contribution < -0.4 is 10.2 Å². The lowest BCUT2D eigenvalue weighted by atomic mass is 10.1. The monoisotopic (exact) mass is 350 g/mol. The molecule has 0 atom stereocenters. The minimum absolute atomic E-state index is 0.113. The van der Waals surface area contributed by atoms with E-state index in [1.54, 1.807) is 6.20 Å². The number of aromatic nitrogens is 2. The molecular weight excluding hydrogens is 333 g/mol. The lowest BCUT2D eigenvalue weighted by Gasteiger charge is -2.16. The fourth-order valence-corrected chi connectivity index (χ4v) is 2.67. The number of anilines is 1. The van der Waals surface area contributed by atoms with E-state index in [0.717, 1.165) is 56.0 Å². The summed E-state index contributed by atoms with van der Waals surface area (Å²) in [4.78, 5) is 22.8. The number of hydrogen-bond acceptors (Lipinski definition) is 4. The number of amides is 1. The Labute approximate surface area is 142 Å². The summed E-state index contributed by atoms with van der Waals surface area (Å²) < 4.78 is 37.6. The Balaban J connectivity index is 1.61. The van der Waals surface area contributed by atoms with Crippen LogP contribution in [0.15, 0.2) is 36.5 Å². The van der Waals surface area contributed by atoms with E-state index in [0.29, 0.717) is 5.82 Å². The highest BCUT2D eigenvalue weighted by molar-refractivity contribution is 5.94. The van der Waals surface area contributed by atoms with Crippen molar-refractivity contribution in [1.29, 1.82) is 0 Å². The third-order valence-corrected chi connectivity index (χ3v) is 4.00. The second-order valence-corrected chi connectivity index (χ2v) is 5.78. The van der Waals surface area contributed by atoms with Gasteiger partial charge >= 0.3 is 6.18 Å². The van der Waals surface area contributed by atoms with Gasteiger partial charge < -0.3 is 10.2 Å². The second-order valence-electron chi connectivity index (χ2n) is 5.78. The van der Waals surface area contributed by atoms with Crippen LogP contribution in [0.5, 0.6) is 0 Å². The van der Waals surface area contributed by atoms with Crippen LogP contribution in [0.1, 0.15) is 34.6 Å². The van der Waals surface area contributed by atoms with Gasteiger partial charge in [-0.2, -0.15) is 13.2 Å².